The van der Waals surface area contributed by atoms with Crippen molar-refractivity contribution < 1.29 is 17.5 Å². The second kappa shape index (κ2) is 4.75. The van der Waals surface area contributed by atoms with Crippen molar-refractivity contribution in [3.8, 4) is 0 Å². The van der Waals surface area contributed by atoms with E-state index in [1.165, 1.54) is 0 Å². The summed E-state index contributed by atoms with van der Waals surface area (Å²) in [6, 6.07) is 2.65. The van der Waals surface area contributed by atoms with Gasteiger partial charge in [-0.15, -0.1) is 0 Å². The summed E-state index contributed by atoms with van der Waals surface area (Å²) in [6.07, 6.45) is 0. The van der Waals surface area contributed by atoms with Crippen LogP contribution in [0.1, 0.15) is 6.92 Å². The number of morpholine rings is 1. The number of fused-ring (bicyclic) bond motifs is 1. The lowest BCUT2D eigenvalue weighted by atomic mass is 10.2. The minimum absolute atomic E-state index is 0.0161. The molecule has 0 bridgehead atoms. The van der Waals surface area contributed by atoms with Crippen molar-refractivity contribution in [1.82, 2.24) is 0 Å². The number of hydrogen-bond donors (Lipinski definition) is 1. The molecule has 0 spiro atoms. The number of nitrogens with one attached hydrogen (secondary N) is 1. The molecule has 20 heavy (non-hydrogen) atoms. The fraction of sp³-hybridized carbons (Fsp3) is 0.385. The third-order valence-corrected chi connectivity index (χ3v) is 4.99. The van der Waals surface area contributed by atoms with E-state index in [1.807, 2.05) is 4.90 Å². The fourth-order valence-electron chi connectivity index (χ4n) is 2.46. The van der Waals surface area contributed by atoms with Crippen LogP contribution in [0.5, 0.6) is 0 Å². The van der Waals surface area contributed by atoms with Crippen LogP contribution in [-0.4, -0.2) is 34.7 Å². The topological polar surface area (TPSA) is 58.6 Å². The molecule has 0 unspecified atom stereocenters. The Morgan fingerprint density at radius 3 is 2.70 bits per heavy atom. The van der Waals surface area contributed by atoms with Gasteiger partial charge in [0.2, 0.25) is 9.84 Å². The molecule has 2 aliphatic rings. The van der Waals surface area contributed by atoms with Crippen molar-refractivity contribution in [2.45, 2.75) is 11.8 Å². The molecule has 5 nitrogen and oxygen atoms in total. The van der Waals surface area contributed by atoms with Gasteiger partial charge in [-0.3, -0.25) is 0 Å². The lowest BCUT2D eigenvalue weighted by molar-refractivity contribution is 0.122. The summed E-state index contributed by atoms with van der Waals surface area (Å²) in [5.41, 5.74) is 1.36. The zero-order chi connectivity index (χ0) is 14.3. The van der Waals surface area contributed by atoms with E-state index in [1.54, 1.807) is 13.0 Å². The Morgan fingerprint density at radius 1 is 1.30 bits per heavy atom. The molecule has 2 aliphatic heterocycles. The summed E-state index contributed by atoms with van der Waals surface area (Å²) in [5, 5.41) is 4.09. The van der Waals surface area contributed by atoms with Crippen LogP contribution in [0.2, 0.25) is 0 Å². The Bertz CT molecular complexity index is 679. The molecule has 1 saturated heterocycles. The molecule has 2 heterocycles. The van der Waals surface area contributed by atoms with Gasteiger partial charge < -0.3 is 15.0 Å². The van der Waals surface area contributed by atoms with Crippen molar-refractivity contribution in [3.63, 3.8) is 0 Å². The molecule has 108 valence electrons. The van der Waals surface area contributed by atoms with E-state index in [0.717, 1.165) is 11.5 Å². The Balaban J connectivity index is 2.07. The van der Waals surface area contributed by atoms with Crippen LogP contribution in [0, 0.1) is 5.82 Å². The molecule has 0 saturated carbocycles. The highest BCUT2D eigenvalue weighted by Gasteiger charge is 2.26. The Kier molecular flexibility index (Phi) is 3.18. The molecule has 0 aliphatic carbocycles. The maximum absolute atomic E-state index is 14.2. The van der Waals surface area contributed by atoms with Gasteiger partial charge in [0.05, 0.1) is 34.9 Å². The molecule has 1 fully saturated rings. The highest BCUT2D eigenvalue weighted by atomic mass is 32.2. The van der Waals surface area contributed by atoms with E-state index in [2.05, 4.69) is 5.32 Å². The molecule has 1 aromatic carbocycles. The molecule has 0 atom stereocenters. The largest absolute Gasteiger partial charge is 0.378 e. The summed E-state index contributed by atoms with van der Waals surface area (Å²) in [5.74, 6) is -0.524. The molecule has 1 N–H and O–H groups in total. The number of ether oxygens (including phenoxy) is 1. The minimum atomic E-state index is -3.57. The van der Waals surface area contributed by atoms with Crippen LogP contribution in [-0.2, 0) is 14.6 Å². The number of sulfone groups is 1. The van der Waals surface area contributed by atoms with Crippen LogP contribution in [0.15, 0.2) is 28.1 Å². The zero-order valence-corrected chi connectivity index (χ0v) is 11.8. The molecule has 7 heteroatoms. The molecular formula is C13H15FN2O3S. The van der Waals surface area contributed by atoms with Crippen LogP contribution in [0.25, 0.3) is 0 Å². The maximum atomic E-state index is 14.2. The second-order valence-corrected chi connectivity index (χ2v) is 6.64. The van der Waals surface area contributed by atoms with Gasteiger partial charge in [-0.05, 0) is 19.1 Å². The van der Waals surface area contributed by atoms with E-state index in [9.17, 15) is 12.8 Å². The van der Waals surface area contributed by atoms with Gasteiger partial charge in [-0.25, -0.2) is 12.8 Å². The Morgan fingerprint density at radius 2 is 2.00 bits per heavy atom. The highest BCUT2D eigenvalue weighted by Crippen LogP contribution is 2.35. The summed E-state index contributed by atoms with van der Waals surface area (Å²) < 4.78 is 43.5. The van der Waals surface area contributed by atoms with Crippen LogP contribution in [0.3, 0.4) is 0 Å². The van der Waals surface area contributed by atoms with E-state index in [0.29, 0.717) is 43.4 Å². The average Bonchev–Trinajstić information content (AvgIpc) is 2.39. The fourth-order valence-corrected chi connectivity index (χ4v) is 3.80. The van der Waals surface area contributed by atoms with Gasteiger partial charge in [-0.1, -0.05) is 0 Å². The maximum Gasteiger partial charge on any atom is 0.203 e. The number of anilines is 2. The summed E-state index contributed by atoms with van der Waals surface area (Å²) in [6.45, 7) is 3.94. The number of allylic oxidation sites excluding steroid dienone is 1. The van der Waals surface area contributed by atoms with Crippen molar-refractivity contribution in [1.29, 1.82) is 0 Å². The van der Waals surface area contributed by atoms with Gasteiger partial charge in [0.15, 0.2) is 0 Å². The normalized spacial score (nSPS) is 20.9. The number of benzene rings is 1. The van der Waals surface area contributed by atoms with E-state index >= 15 is 0 Å². The zero-order valence-electron chi connectivity index (χ0n) is 11.0. The van der Waals surface area contributed by atoms with Crippen molar-refractivity contribution in [3.05, 3.63) is 29.1 Å². The van der Waals surface area contributed by atoms with E-state index < -0.39 is 15.7 Å². The number of halogens is 1. The van der Waals surface area contributed by atoms with Crippen molar-refractivity contribution in [2.24, 2.45) is 0 Å². The third kappa shape index (κ3) is 2.27. The van der Waals surface area contributed by atoms with Crippen LogP contribution >= 0.6 is 0 Å². The summed E-state index contributed by atoms with van der Waals surface area (Å²) >= 11 is 0. The SMILES string of the molecule is CC1=CS(=O)(=O)c2cc(F)c(N3CCOCC3)cc2N1. The van der Waals surface area contributed by atoms with Crippen LogP contribution in [0.4, 0.5) is 15.8 Å². The summed E-state index contributed by atoms with van der Waals surface area (Å²) in [4.78, 5) is 1.85. The van der Waals surface area contributed by atoms with Gasteiger partial charge in [0.25, 0.3) is 0 Å². The number of hydrogen-bond acceptors (Lipinski definition) is 5. The quantitative estimate of drug-likeness (QED) is 0.855. The third-order valence-electron chi connectivity index (χ3n) is 3.37. The van der Waals surface area contributed by atoms with Crippen molar-refractivity contribution in [2.75, 3.05) is 36.5 Å². The first-order valence-corrected chi connectivity index (χ1v) is 7.89. The molecule has 3 rings (SSSR count). The molecular weight excluding hydrogens is 283 g/mol. The molecule has 0 aromatic heterocycles. The Labute approximate surface area is 116 Å². The van der Waals surface area contributed by atoms with Crippen LogP contribution < -0.4 is 10.2 Å². The van der Waals surface area contributed by atoms with Crippen molar-refractivity contribution >= 4 is 21.2 Å². The van der Waals surface area contributed by atoms with Gasteiger partial charge in [-0.2, -0.15) is 0 Å². The van der Waals surface area contributed by atoms with Gasteiger partial charge >= 0.3 is 0 Å². The molecule has 0 amide bonds. The first-order valence-electron chi connectivity index (χ1n) is 6.34. The van der Waals surface area contributed by atoms with Gasteiger partial charge in [0.1, 0.15) is 5.82 Å². The monoisotopic (exact) mass is 298 g/mol. The number of nitrogens with zero attached hydrogens (tertiary/aromatic N) is 1. The predicted octanol–water partition coefficient (Wildman–Crippen LogP) is 1.72. The first kappa shape index (κ1) is 13.4. The predicted molar refractivity (Wildman–Crippen MR) is 74.0 cm³/mol. The minimum Gasteiger partial charge on any atom is -0.378 e. The van der Waals surface area contributed by atoms with E-state index in [-0.39, 0.29) is 4.90 Å². The first-order chi connectivity index (χ1) is 9.47. The standard InChI is InChI=1S/C13H15FN2O3S/c1-9-8-20(17,18)13-6-10(14)12(7-11(13)15-9)16-2-4-19-5-3-16/h6-8,15H,2-5H2,1H3. The van der Waals surface area contributed by atoms with Gasteiger partial charge in [0, 0.05) is 18.8 Å². The highest BCUT2D eigenvalue weighted by molar-refractivity contribution is 7.94. The number of rotatable bonds is 1. The smallest absolute Gasteiger partial charge is 0.203 e. The Hall–Kier alpha value is -1.60. The summed E-state index contributed by atoms with van der Waals surface area (Å²) in [7, 11) is -3.57. The lowest BCUT2D eigenvalue weighted by Crippen LogP contribution is -2.36. The second-order valence-electron chi connectivity index (χ2n) is 4.87. The average molecular weight is 298 g/mol. The van der Waals surface area contributed by atoms with E-state index in [4.69, 9.17) is 4.74 Å². The molecule has 1 aromatic rings. The molecule has 0 radical (unpaired) electrons. The lowest BCUT2D eigenvalue weighted by Gasteiger charge is -2.30.